The lowest BCUT2D eigenvalue weighted by atomic mass is 9.95. The van der Waals surface area contributed by atoms with Crippen LogP contribution in [0.15, 0.2) is 29.3 Å². The van der Waals surface area contributed by atoms with Crippen LogP contribution in [0.4, 0.5) is 0 Å². The zero-order chi connectivity index (χ0) is 18.8. The summed E-state index contributed by atoms with van der Waals surface area (Å²) in [4.78, 5) is 18.7. The Morgan fingerprint density at radius 2 is 1.92 bits per heavy atom. The first kappa shape index (κ1) is 20.1. The Labute approximate surface area is 157 Å². The quantitative estimate of drug-likeness (QED) is 0.579. The molecule has 2 rings (SSSR count). The first-order valence-electron chi connectivity index (χ1n) is 9.54. The monoisotopic (exact) mass is 360 g/mol. The van der Waals surface area contributed by atoms with Gasteiger partial charge < -0.3 is 20.3 Å². The van der Waals surface area contributed by atoms with E-state index in [9.17, 15) is 4.79 Å². The van der Waals surface area contributed by atoms with Crippen molar-refractivity contribution in [2.45, 2.75) is 51.6 Å². The highest BCUT2D eigenvalue weighted by Gasteiger charge is 2.15. The fourth-order valence-electron chi connectivity index (χ4n) is 3.22. The minimum Gasteiger partial charge on any atom is -0.497 e. The number of hydrogen-bond acceptors (Lipinski definition) is 3. The second kappa shape index (κ2) is 10.7. The van der Waals surface area contributed by atoms with Crippen molar-refractivity contribution < 1.29 is 9.53 Å². The number of aliphatic imine (C=N–C) groups is 1. The molecule has 1 saturated carbocycles. The Morgan fingerprint density at radius 1 is 1.23 bits per heavy atom. The lowest BCUT2D eigenvalue weighted by Gasteiger charge is -2.24. The largest absolute Gasteiger partial charge is 0.497 e. The van der Waals surface area contributed by atoms with Crippen molar-refractivity contribution >= 4 is 11.9 Å². The van der Waals surface area contributed by atoms with E-state index in [1.165, 1.54) is 19.3 Å². The summed E-state index contributed by atoms with van der Waals surface area (Å²) in [5.41, 5.74) is 1.16. The number of guanidine groups is 1. The van der Waals surface area contributed by atoms with Crippen molar-refractivity contribution in [3.05, 3.63) is 29.8 Å². The average molecular weight is 361 g/mol. The molecular weight excluding hydrogens is 328 g/mol. The number of carbonyl (C=O) groups excluding carboxylic acids is 1. The van der Waals surface area contributed by atoms with Gasteiger partial charge in [-0.15, -0.1) is 0 Å². The number of nitrogens with one attached hydrogen (secondary N) is 2. The Bertz CT molecular complexity index is 580. The van der Waals surface area contributed by atoms with E-state index in [1.54, 1.807) is 7.11 Å². The Kier molecular flexibility index (Phi) is 8.25. The molecule has 0 unspecified atom stereocenters. The number of carbonyl (C=O) groups is 1. The van der Waals surface area contributed by atoms with Crippen molar-refractivity contribution in [1.29, 1.82) is 0 Å². The topological polar surface area (TPSA) is 66.0 Å². The van der Waals surface area contributed by atoms with Gasteiger partial charge in [0.05, 0.1) is 7.11 Å². The lowest BCUT2D eigenvalue weighted by Crippen LogP contribution is -2.41. The number of nitrogens with zero attached hydrogens (tertiary/aromatic N) is 2. The summed E-state index contributed by atoms with van der Waals surface area (Å²) in [6.45, 7) is 3.65. The minimum atomic E-state index is 0.00477. The zero-order valence-corrected chi connectivity index (χ0v) is 16.3. The number of ether oxygens (including phenoxy) is 1. The number of rotatable bonds is 7. The smallest absolute Gasteiger partial charge is 0.242 e. The van der Waals surface area contributed by atoms with E-state index in [4.69, 9.17) is 4.74 Å². The molecule has 0 spiro atoms. The molecule has 0 aromatic heterocycles. The van der Waals surface area contributed by atoms with Crippen LogP contribution in [0.5, 0.6) is 5.75 Å². The molecule has 2 N–H and O–H groups in total. The van der Waals surface area contributed by atoms with E-state index in [0.717, 1.165) is 36.7 Å². The molecule has 144 valence electrons. The van der Waals surface area contributed by atoms with Crippen molar-refractivity contribution in [3.8, 4) is 5.75 Å². The van der Waals surface area contributed by atoms with Gasteiger partial charge in [-0.3, -0.25) is 4.79 Å². The van der Waals surface area contributed by atoms with Gasteiger partial charge >= 0.3 is 0 Å². The maximum absolute atomic E-state index is 12.2. The molecule has 6 heteroatoms. The predicted molar refractivity (Wildman–Crippen MR) is 105 cm³/mol. The molecule has 1 fully saturated rings. The summed E-state index contributed by atoms with van der Waals surface area (Å²) >= 11 is 0. The summed E-state index contributed by atoms with van der Waals surface area (Å²) < 4.78 is 5.19. The van der Waals surface area contributed by atoms with Crippen LogP contribution < -0.4 is 15.4 Å². The van der Waals surface area contributed by atoms with E-state index < -0.39 is 0 Å². The van der Waals surface area contributed by atoms with Crippen molar-refractivity contribution in [2.75, 3.05) is 27.2 Å². The number of hydrogen-bond donors (Lipinski definition) is 2. The van der Waals surface area contributed by atoms with Crippen LogP contribution >= 0.6 is 0 Å². The summed E-state index contributed by atoms with van der Waals surface area (Å²) in [6.07, 6.45) is 5.88. The molecule has 1 amide bonds. The third-order valence-corrected chi connectivity index (χ3v) is 4.62. The molecule has 26 heavy (non-hydrogen) atoms. The fourth-order valence-corrected chi connectivity index (χ4v) is 3.22. The molecule has 1 aliphatic rings. The Hall–Kier alpha value is -2.24. The van der Waals surface area contributed by atoms with E-state index in [1.807, 2.05) is 43.1 Å². The van der Waals surface area contributed by atoms with E-state index in [-0.39, 0.29) is 12.5 Å². The standard InChI is InChI=1S/C20H32N4O2/c1-4-21-20(22-14-19(25)23-17-8-6-5-7-9-17)24(2)15-16-10-12-18(26-3)13-11-16/h10-13,17H,4-9,14-15H2,1-3H3,(H,21,22)(H,23,25). The van der Waals surface area contributed by atoms with Gasteiger partial charge in [0.2, 0.25) is 5.91 Å². The number of benzene rings is 1. The highest BCUT2D eigenvalue weighted by atomic mass is 16.5. The van der Waals surface area contributed by atoms with Gasteiger partial charge in [0.15, 0.2) is 5.96 Å². The van der Waals surface area contributed by atoms with Crippen molar-refractivity contribution in [1.82, 2.24) is 15.5 Å². The molecule has 0 atom stereocenters. The summed E-state index contributed by atoms with van der Waals surface area (Å²) in [5, 5.41) is 6.37. The summed E-state index contributed by atoms with van der Waals surface area (Å²) in [5.74, 6) is 1.59. The van der Waals surface area contributed by atoms with Crippen molar-refractivity contribution in [2.24, 2.45) is 4.99 Å². The summed E-state index contributed by atoms with van der Waals surface area (Å²) in [7, 11) is 3.64. The molecule has 6 nitrogen and oxygen atoms in total. The second-order valence-corrected chi connectivity index (χ2v) is 6.78. The van der Waals surface area contributed by atoms with Gasteiger partial charge in [-0.2, -0.15) is 0 Å². The van der Waals surface area contributed by atoms with Crippen LogP contribution in [0.2, 0.25) is 0 Å². The lowest BCUT2D eigenvalue weighted by molar-refractivity contribution is -0.120. The fraction of sp³-hybridized carbons (Fsp3) is 0.600. The highest BCUT2D eigenvalue weighted by Crippen LogP contribution is 2.17. The molecule has 0 bridgehead atoms. The zero-order valence-electron chi connectivity index (χ0n) is 16.3. The number of amides is 1. The van der Waals surface area contributed by atoms with Crippen LogP contribution in [0.3, 0.4) is 0 Å². The van der Waals surface area contributed by atoms with E-state index in [0.29, 0.717) is 12.6 Å². The molecule has 1 aromatic carbocycles. The van der Waals surface area contributed by atoms with E-state index >= 15 is 0 Å². The van der Waals surface area contributed by atoms with Gasteiger partial charge in [-0.25, -0.2) is 4.99 Å². The van der Waals surface area contributed by atoms with Crippen LogP contribution in [-0.4, -0.2) is 50.1 Å². The first-order valence-corrected chi connectivity index (χ1v) is 9.54. The predicted octanol–water partition coefficient (Wildman–Crippen LogP) is 2.54. The van der Waals surface area contributed by atoms with Gasteiger partial charge in [0.1, 0.15) is 12.3 Å². The van der Waals surface area contributed by atoms with Gasteiger partial charge in [-0.05, 0) is 37.5 Å². The van der Waals surface area contributed by atoms with Crippen LogP contribution in [0, 0.1) is 0 Å². The first-order chi connectivity index (χ1) is 12.6. The normalized spacial score (nSPS) is 15.4. The van der Waals surface area contributed by atoms with Gasteiger partial charge in [-0.1, -0.05) is 31.4 Å². The van der Waals surface area contributed by atoms with Crippen LogP contribution in [0.1, 0.15) is 44.6 Å². The van der Waals surface area contributed by atoms with E-state index in [2.05, 4.69) is 15.6 Å². The maximum Gasteiger partial charge on any atom is 0.242 e. The number of methoxy groups -OCH3 is 1. The highest BCUT2D eigenvalue weighted by molar-refractivity contribution is 5.85. The second-order valence-electron chi connectivity index (χ2n) is 6.78. The Balaban J connectivity index is 1.89. The van der Waals surface area contributed by atoms with Crippen LogP contribution in [-0.2, 0) is 11.3 Å². The molecule has 0 aliphatic heterocycles. The molecule has 0 radical (unpaired) electrons. The summed E-state index contributed by atoms with van der Waals surface area (Å²) in [6, 6.07) is 8.30. The van der Waals surface area contributed by atoms with Gasteiger partial charge in [0.25, 0.3) is 0 Å². The molecule has 1 aliphatic carbocycles. The average Bonchev–Trinajstić information content (AvgIpc) is 2.66. The van der Waals surface area contributed by atoms with Gasteiger partial charge in [0, 0.05) is 26.2 Å². The Morgan fingerprint density at radius 3 is 2.54 bits per heavy atom. The third-order valence-electron chi connectivity index (χ3n) is 4.62. The van der Waals surface area contributed by atoms with Crippen molar-refractivity contribution in [3.63, 3.8) is 0 Å². The molecule has 0 saturated heterocycles. The molecule has 1 aromatic rings. The third kappa shape index (κ3) is 6.58. The van der Waals surface area contributed by atoms with Crippen LogP contribution in [0.25, 0.3) is 0 Å². The molecule has 0 heterocycles. The minimum absolute atomic E-state index is 0.00477. The molecular formula is C20H32N4O2. The maximum atomic E-state index is 12.2. The SMILES string of the molecule is CCNC(=NCC(=O)NC1CCCCC1)N(C)Cc1ccc(OC)cc1.